The van der Waals surface area contributed by atoms with Crippen LogP contribution in [0.1, 0.15) is 43.5 Å². The average Bonchev–Trinajstić information content (AvgIpc) is 2.78. The Labute approximate surface area is 195 Å². The highest BCUT2D eigenvalue weighted by atomic mass is 32.2. The standard InChI is InChI=1S/C23H29N3O4S2/c1-17(2)16-30-21-9-5-4-8-20(21)22(27)25-23(31)24-18-10-12-19(13-11-18)32(28,29)26-14-6-3-7-15-26/h4-5,8-13,17H,3,6-7,14-16H2,1-2H3,(H2,24,25,27,31). The number of benzene rings is 2. The van der Waals surface area contributed by atoms with Crippen LogP contribution in [0, 0.1) is 5.92 Å². The Balaban J connectivity index is 1.61. The van der Waals surface area contributed by atoms with E-state index in [0.717, 1.165) is 19.3 Å². The zero-order valence-electron chi connectivity index (χ0n) is 18.3. The molecule has 2 N–H and O–H groups in total. The van der Waals surface area contributed by atoms with Gasteiger partial charge in [0.2, 0.25) is 10.0 Å². The van der Waals surface area contributed by atoms with Gasteiger partial charge < -0.3 is 10.1 Å². The molecule has 1 heterocycles. The Bertz CT molecular complexity index is 1050. The molecule has 2 aromatic rings. The van der Waals surface area contributed by atoms with Gasteiger partial charge in [-0.3, -0.25) is 10.1 Å². The molecule has 1 fully saturated rings. The van der Waals surface area contributed by atoms with Gasteiger partial charge in [0.25, 0.3) is 5.91 Å². The lowest BCUT2D eigenvalue weighted by atomic mass is 10.2. The molecule has 3 rings (SSSR count). The van der Waals surface area contributed by atoms with Crippen molar-refractivity contribution < 1.29 is 17.9 Å². The minimum Gasteiger partial charge on any atom is -0.492 e. The quantitative estimate of drug-likeness (QED) is 0.588. The molecule has 0 unspecified atom stereocenters. The fourth-order valence-corrected chi connectivity index (χ4v) is 5.06. The Morgan fingerprint density at radius 3 is 2.38 bits per heavy atom. The van der Waals surface area contributed by atoms with Crippen LogP contribution in [0.25, 0.3) is 0 Å². The number of sulfonamides is 1. The van der Waals surface area contributed by atoms with Crippen molar-refractivity contribution in [3.63, 3.8) is 0 Å². The molecule has 9 heteroatoms. The van der Waals surface area contributed by atoms with Gasteiger partial charge in [-0.25, -0.2) is 8.42 Å². The Morgan fingerprint density at radius 1 is 1.06 bits per heavy atom. The lowest BCUT2D eigenvalue weighted by Gasteiger charge is -2.25. The van der Waals surface area contributed by atoms with E-state index in [2.05, 4.69) is 10.6 Å². The molecule has 7 nitrogen and oxygen atoms in total. The van der Waals surface area contributed by atoms with Gasteiger partial charge in [0.15, 0.2) is 5.11 Å². The van der Waals surface area contributed by atoms with Gasteiger partial charge in [0, 0.05) is 18.8 Å². The largest absolute Gasteiger partial charge is 0.492 e. The van der Waals surface area contributed by atoms with Crippen LogP contribution in [-0.2, 0) is 10.0 Å². The molecule has 172 valence electrons. The third kappa shape index (κ3) is 6.27. The van der Waals surface area contributed by atoms with E-state index in [-0.39, 0.29) is 15.9 Å². The number of piperidine rings is 1. The van der Waals surface area contributed by atoms with Gasteiger partial charge in [0.05, 0.1) is 17.1 Å². The molecule has 1 aliphatic rings. The number of hydrogen-bond donors (Lipinski definition) is 2. The fourth-order valence-electron chi connectivity index (χ4n) is 3.33. The molecule has 2 aromatic carbocycles. The number of nitrogens with zero attached hydrogens (tertiary/aromatic N) is 1. The first kappa shape index (κ1) is 24.2. The summed E-state index contributed by atoms with van der Waals surface area (Å²) < 4.78 is 32.8. The summed E-state index contributed by atoms with van der Waals surface area (Å²) in [6, 6.07) is 13.3. The second-order valence-corrected chi connectivity index (χ2v) is 10.4. The number of hydrogen-bond acceptors (Lipinski definition) is 5. The van der Waals surface area contributed by atoms with Crippen molar-refractivity contribution in [2.75, 3.05) is 25.0 Å². The number of carbonyl (C=O) groups excluding carboxylic acids is 1. The number of anilines is 1. The van der Waals surface area contributed by atoms with Gasteiger partial charge >= 0.3 is 0 Å². The smallest absolute Gasteiger partial charge is 0.261 e. The lowest BCUT2D eigenvalue weighted by molar-refractivity contribution is 0.0973. The molecule has 0 saturated carbocycles. The maximum Gasteiger partial charge on any atom is 0.261 e. The van der Waals surface area contributed by atoms with Crippen LogP contribution >= 0.6 is 12.2 Å². The van der Waals surface area contributed by atoms with Crippen molar-refractivity contribution in [1.29, 1.82) is 0 Å². The zero-order valence-corrected chi connectivity index (χ0v) is 20.0. The van der Waals surface area contributed by atoms with E-state index in [1.165, 1.54) is 4.31 Å². The molecule has 1 amide bonds. The fraction of sp³-hybridized carbons (Fsp3) is 0.391. The predicted octanol–water partition coefficient (Wildman–Crippen LogP) is 4.02. The molecule has 0 aromatic heterocycles. The van der Waals surface area contributed by atoms with E-state index in [4.69, 9.17) is 17.0 Å². The van der Waals surface area contributed by atoms with Crippen molar-refractivity contribution in [3.05, 3.63) is 54.1 Å². The van der Waals surface area contributed by atoms with Crippen molar-refractivity contribution >= 4 is 38.9 Å². The number of thiocarbonyl (C=S) groups is 1. The molecular formula is C23H29N3O4S2. The molecule has 32 heavy (non-hydrogen) atoms. The summed E-state index contributed by atoms with van der Waals surface area (Å²) in [5.41, 5.74) is 0.970. The van der Waals surface area contributed by atoms with Crippen LogP contribution in [0.3, 0.4) is 0 Å². The monoisotopic (exact) mass is 475 g/mol. The van der Waals surface area contributed by atoms with Crippen LogP contribution in [0.5, 0.6) is 5.75 Å². The first-order chi connectivity index (χ1) is 15.3. The van der Waals surface area contributed by atoms with E-state index < -0.39 is 10.0 Å². The second kappa shape index (κ2) is 10.9. The summed E-state index contributed by atoms with van der Waals surface area (Å²) in [6.07, 6.45) is 2.84. The number of nitrogens with one attached hydrogen (secondary N) is 2. The van der Waals surface area contributed by atoms with Gasteiger partial charge in [0.1, 0.15) is 5.75 Å². The number of carbonyl (C=O) groups is 1. The Hall–Kier alpha value is -2.49. The summed E-state index contributed by atoms with van der Waals surface area (Å²) in [5.74, 6) is 0.440. The first-order valence-corrected chi connectivity index (χ1v) is 12.6. The third-order valence-corrected chi connectivity index (χ3v) is 7.11. The van der Waals surface area contributed by atoms with E-state index in [0.29, 0.717) is 42.6 Å². The molecule has 0 bridgehead atoms. The summed E-state index contributed by atoms with van der Waals surface area (Å²) in [4.78, 5) is 12.9. The normalized spacial score (nSPS) is 14.7. The van der Waals surface area contributed by atoms with Crippen LogP contribution in [0.15, 0.2) is 53.4 Å². The van der Waals surface area contributed by atoms with E-state index in [1.807, 2.05) is 19.9 Å². The Morgan fingerprint density at radius 2 is 1.72 bits per heavy atom. The van der Waals surface area contributed by atoms with Crippen molar-refractivity contribution in [2.45, 2.75) is 38.0 Å². The highest BCUT2D eigenvalue weighted by Gasteiger charge is 2.25. The summed E-state index contributed by atoms with van der Waals surface area (Å²) >= 11 is 5.26. The van der Waals surface area contributed by atoms with Crippen molar-refractivity contribution in [2.24, 2.45) is 5.92 Å². The second-order valence-electron chi connectivity index (χ2n) is 8.10. The van der Waals surface area contributed by atoms with Crippen molar-refractivity contribution in [1.82, 2.24) is 9.62 Å². The van der Waals surface area contributed by atoms with E-state index >= 15 is 0 Å². The summed E-state index contributed by atoms with van der Waals surface area (Å²) in [6.45, 7) is 5.68. The molecule has 0 radical (unpaired) electrons. The van der Waals surface area contributed by atoms with Crippen LogP contribution < -0.4 is 15.4 Å². The highest BCUT2D eigenvalue weighted by Crippen LogP contribution is 2.22. The van der Waals surface area contributed by atoms with Crippen LogP contribution in [0.2, 0.25) is 0 Å². The average molecular weight is 476 g/mol. The first-order valence-electron chi connectivity index (χ1n) is 10.7. The van der Waals surface area contributed by atoms with Crippen LogP contribution in [0.4, 0.5) is 5.69 Å². The van der Waals surface area contributed by atoms with E-state index in [1.54, 1.807) is 42.5 Å². The summed E-state index contributed by atoms with van der Waals surface area (Å²) in [5, 5.41) is 5.68. The third-order valence-electron chi connectivity index (χ3n) is 5.00. The van der Waals surface area contributed by atoms with E-state index in [9.17, 15) is 13.2 Å². The molecule has 1 aliphatic heterocycles. The van der Waals surface area contributed by atoms with Gasteiger partial charge in [-0.05, 0) is 67.4 Å². The SMILES string of the molecule is CC(C)COc1ccccc1C(=O)NC(=S)Nc1ccc(S(=O)(=O)N2CCCCC2)cc1. The highest BCUT2D eigenvalue weighted by molar-refractivity contribution is 7.89. The number of para-hydroxylation sites is 1. The predicted molar refractivity (Wildman–Crippen MR) is 130 cm³/mol. The number of ether oxygens (including phenoxy) is 1. The zero-order chi connectivity index (χ0) is 23.1. The van der Waals surface area contributed by atoms with Crippen molar-refractivity contribution in [3.8, 4) is 5.75 Å². The number of amides is 1. The maximum absolute atomic E-state index is 12.8. The molecule has 0 spiro atoms. The number of rotatable bonds is 7. The molecular weight excluding hydrogens is 446 g/mol. The van der Waals surface area contributed by atoms with Crippen LogP contribution in [-0.4, -0.2) is 43.4 Å². The van der Waals surface area contributed by atoms with Gasteiger partial charge in [-0.1, -0.05) is 32.4 Å². The maximum atomic E-state index is 12.8. The lowest BCUT2D eigenvalue weighted by Crippen LogP contribution is -2.35. The molecule has 0 atom stereocenters. The molecule has 1 saturated heterocycles. The minimum absolute atomic E-state index is 0.111. The molecule has 0 aliphatic carbocycles. The minimum atomic E-state index is -3.49. The summed E-state index contributed by atoms with van der Waals surface area (Å²) in [7, 11) is -3.49. The topological polar surface area (TPSA) is 87.7 Å². The van der Waals surface area contributed by atoms with Gasteiger partial charge in [-0.2, -0.15) is 4.31 Å². The Kier molecular flexibility index (Phi) is 8.22. The van der Waals surface area contributed by atoms with Gasteiger partial charge in [-0.15, -0.1) is 0 Å².